The molecule has 1 aliphatic carbocycles. The van der Waals surface area contributed by atoms with E-state index in [9.17, 15) is 4.79 Å². The summed E-state index contributed by atoms with van der Waals surface area (Å²) in [7, 11) is 0. The van der Waals surface area contributed by atoms with Crippen molar-refractivity contribution >= 4 is 17.5 Å². The van der Waals surface area contributed by atoms with Crippen molar-refractivity contribution in [1.29, 1.82) is 0 Å². The first-order chi connectivity index (χ1) is 9.51. The molecule has 1 aromatic rings. The first-order valence-electron chi connectivity index (χ1n) is 7.57. The van der Waals surface area contributed by atoms with Crippen molar-refractivity contribution < 1.29 is 4.79 Å². The minimum absolute atomic E-state index is 0.276. The SMILES string of the molecule is CC1CC(C)CN(C(=O)C2(c3cccc(Cl)c3)CC2)C1. The summed E-state index contributed by atoms with van der Waals surface area (Å²) in [5.41, 5.74) is 0.822. The van der Waals surface area contributed by atoms with Gasteiger partial charge in [-0.25, -0.2) is 0 Å². The van der Waals surface area contributed by atoms with Crippen LogP contribution in [-0.2, 0) is 10.2 Å². The number of nitrogens with zero attached hydrogens (tertiary/aromatic N) is 1. The molecule has 1 amide bonds. The molecule has 1 heterocycles. The molecule has 2 unspecified atom stereocenters. The van der Waals surface area contributed by atoms with Crippen LogP contribution >= 0.6 is 11.6 Å². The van der Waals surface area contributed by atoms with Crippen LogP contribution in [-0.4, -0.2) is 23.9 Å². The predicted molar refractivity (Wildman–Crippen MR) is 81.9 cm³/mol. The molecular weight excluding hydrogens is 270 g/mol. The molecule has 0 aromatic heterocycles. The highest BCUT2D eigenvalue weighted by molar-refractivity contribution is 6.30. The Balaban J connectivity index is 1.83. The van der Waals surface area contributed by atoms with Gasteiger partial charge in [0.25, 0.3) is 0 Å². The van der Waals surface area contributed by atoms with E-state index in [-0.39, 0.29) is 5.41 Å². The number of halogens is 1. The Morgan fingerprint density at radius 1 is 1.25 bits per heavy atom. The molecule has 3 heteroatoms. The number of rotatable bonds is 2. The van der Waals surface area contributed by atoms with E-state index < -0.39 is 0 Å². The van der Waals surface area contributed by atoms with Crippen LogP contribution in [0.1, 0.15) is 38.7 Å². The lowest BCUT2D eigenvalue weighted by Gasteiger charge is -2.37. The van der Waals surface area contributed by atoms with Crippen LogP contribution in [0.2, 0.25) is 5.02 Å². The van der Waals surface area contributed by atoms with Gasteiger partial charge in [-0.15, -0.1) is 0 Å². The maximum atomic E-state index is 13.0. The molecule has 0 spiro atoms. The molecule has 108 valence electrons. The van der Waals surface area contributed by atoms with Crippen LogP contribution in [0, 0.1) is 11.8 Å². The Kier molecular flexibility index (Phi) is 3.53. The lowest BCUT2D eigenvalue weighted by molar-refractivity contribution is -0.136. The number of likely N-dealkylation sites (tertiary alicyclic amines) is 1. The highest BCUT2D eigenvalue weighted by Crippen LogP contribution is 2.50. The van der Waals surface area contributed by atoms with E-state index in [0.717, 1.165) is 36.5 Å². The normalized spacial score (nSPS) is 28.2. The van der Waals surface area contributed by atoms with Crippen molar-refractivity contribution in [3.05, 3.63) is 34.9 Å². The third-order valence-electron chi connectivity index (χ3n) is 4.69. The first-order valence-corrected chi connectivity index (χ1v) is 7.94. The van der Waals surface area contributed by atoms with E-state index in [4.69, 9.17) is 11.6 Å². The summed E-state index contributed by atoms with van der Waals surface area (Å²) in [6.45, 7) is 6.31. The highest BCUT2D eigenvalue weighted by atomic mass is 35.5. The summed E-state index contributed by atoms with van der Waals surface area (Å²) in [6.07, 6.45) is 3.16. The van der Waals surface area contributed by atoms with Crippen LogP contribution in [0.15, 0.2) is 24.3 Å². The van der Waals surface area contributed by atoms with Gasteiger partial charge in [0.1, 0.15) is 0 Å². The molecule has 1 saturated heterocycles. The van der Waals surface area contributed by atoms with E-state index in [1.807, 2.05) is 24.3 Å². The third kappa shape index (κ3) is 2.46. The molecule has 1 aromatic carbocycles. The van der Waals surface area contributed by atoms with E-state index in [2.05, 4.69) is 18.7 Å². The lowest BCUT2D eigenvalue weighted by atomic mass is 9.88. The number of carbonyl (C=O) groups excluding carboxylic acids is 1. The second-order valence-corrected chi connectivity index (χ2v) is 7.19. The number of benzene rings is 1. The number of carbonyl (C=O) groups is 1. The predicted octanol–water partition coefficient (Wildman–Crippen LogP) is 3.88. The van der Waals surface area contributed by atoms with E-state index >= 15 is 0 Å². The average Bonchev–Trinajstić information content (AvgIpc) is 3.18. The fourth-order valence-corrected chi connectivity index (χ4v) is 3.86. The largest absolute Gasteiger partial charge is 0.341 e. The lowest BCUT2D eigenvalue weighted by Crippen LogP contribution is -2.47. The van der Waals surface area contributed by atoms with E-state index in [1.165, 1.54) is 6.42 Å². The summed E-state index contributed by atoms with van der Waals surface area (Å²) < 4.78 is 0. The smallest absolute Gasteiger partial charge is 0.233 e. The molecular formula is C17H22ClNO. The molecule has 2 fully saturated rings. The maximum absolute atomic E-state index is 13.0. The van der Waals surface area contributed by atoms with Gasteiger partial charge in [0, 0.05) is 18.1 Å². The Hall–Kier alpha value is -1.02. The summed E-state index contributed by atoms with van der Waals surface area (Å²) in [4.78, 5) is 15.1. The summed E-state index contributed by atoms with van der Waals surface area (Å²) in [5, 5.41) is 0.724. The first kappa shape index (κ1) is 13.9. The molecule has 2 aliphatic rings. The Labute approximate surface area is 126 Å². The van der Waals surface area contributed by atoms with Gasteiger partial charge in [-0.2, -0.15) is 0 Å². The Morgan fingerprint density at radius 3 is 2.45 bits per heavy atom. The van der Waals surface area contributed by atoms with Crippen molar-refractivity contribution in [2.75, 3.05) is 13.1 Å². The second-order valence-electron chi connectivity index (χ2n) is 6.75. The maximum Gasteiger partial charge on any atom is 0.233 e. The van der Waals surface area contributed by atoms with Gasteiger partial charge in [0.05, 0.1) is 5.41 Å². The number of hydrogen-bond donors (Lipinski definition) is 0. The standard InChI is InChI=1S/C17H22ClNO/c1-12-8-13(2)11-19(10-12)16(20)17(6-7-17)14-4-3-5-15(18)9-14/h3-5,9,12-13H,6-8,10-11H2,1-2H3. The molecule has 1 saturated carbocycles. The molecule has 0 N–H and O–H groups in total. The molecule has 20 heavy (non-hydrogen) atoms. The molecule has 0 radical (unpaired) electrons. The molecule has 2 atom stereocenters. The second kappa shape index (κ2) is 5.07. The van der Waals surface area contributed by atoms with Crippen molar-refractivity contribution in [3.8, 4) is 0 Å². The zero-order valence-electron chi connectivity index (χ0n) is 12.2. The highest BCUT2D eigenvalue weighted by Gasteiger charge is 2.53. The van der Waals surface area contributed by atoms with Crippen molar-refractivity contribution in [2.24, 2.45) is 11.8 Å². The van der Waals surface area contributed by atoms with Gasteiger partial charge in [0.2, 0.25) is 5.91 Å². The van der Waals surface area contributed by atoms with E-state index in [1.54, 1.807) is 0 Å². The number of hydrogen-bond acceptors (Lipinski definition) is 1. The third-order valence-corrected chi connectivity index (χ3v) is 4.93. The Bertz CT molecular complexity index is 513. The van der Waals surface area contributed by atoms with Crippen molar-refractivity contribution in [1.82, 2.24) is 4.90 Å². The van der Waals surface area contributed by atoms with Gasteiger partial charge < -0.3 is 4.90 Å². The summed E-state index contributed by atoms with van der Waals surface area (Å²) in [5.74, 6) is 1.54. The Morgan fingerprint density at radius 2 is 1.90 bits per heavy atom. The molecule has 0 bridgehead atoms. The fraction of sp³-hybridized carbons (Fsp3) is 0.588. The van der Waals surface area contributed by atoms with Crippen LogP contribution in [0.25, 0.3) is 0 Å². The van der Waals surface area contributed by atoms with Gasteiger partial charge >= 0.3 is 0 Å². The molecule has 3 rings (SSSR count). The number of amides is 1. The quantitative estimate of drug-likeness (QED) is 0.810. The van der Waals surface area contributed by atoms with Crippen molar-refractivity contribution in [2.45, 2.75) is 38.5 Å². The fourth-order valence-electron chi connectivity index (χ4n) is 3.67. The van der Waals surface area contributed by atoms with Crippen LogP contribution < -0.4 is 0 Å². The zero-order valence-corrected chi connectivity index (χ0v) is 13.0. The minimum Gasteiger partial charge on any atom is -0.341 e. The van der Waals surface area contributed by atoms with Gasteiger partial charge in [-0.1, -0.05) is 37.6 Å². The van der Waals surface area contributed by atoms with Crippen molar-refractivity contribution in [3.63, 3.8) is 0 Å². The molecule has 1 aliphatic heterocycles. The number of piperidine rings is 1. The van der Waals surface area contributed by atoms with Gasteiger partial charge in [0.15, 0.2) is 0 Å². The zero-order chi connectivity index (χ0) is 14.3. The van der Waals surface area contributed by atoms with Crippen LogP contribution in [0.5, 0.6) is 0 Å². The summed E-state index contributed by atoms with van der Waals surface area (Å²) >= 11 is 6.09. The van der Waals surface area contributed by atoms with Gasteiger partial charge in [-0.3, -0.25) is 4.79 Å². The minimum atomic E-state index is -0.276. The van der Waals surface area contributed by atoms with Gasteiger partial charge in [-0.05, 0) is 48.8 Å². The van der Waals surface area contributed by atoms with Crippen LogP contribution in [0.3, 0.4) is 0 Å². The van der Waals surface area contributed by atoms with Crippen LogP contribution in [0.4, 0.5) is 0 Å². The molecule has 2 nitrogen and oxygen atoms in total. The monoisotopic (exact) mass is 291 g/mol. The average molecular weight is 292 g/mol. The summed E-state index contributed by atoms with van der Waals surface area (Å²) in [6, 6.07) is 7.83. The topological polar surface area (TPSA) is 20.3 Å². The van der Waals surface area contributed by atoms with E-state index in [0.29, 0.717) is 17.7 Å².